The molecule has 1 fully saturated rings. The minimum atomic E-state index is -0.458. The van der Waals surface area contributed by atoms with Gasteiger partial charge in [-0.25, -0.2) is 0 Å². The van der Waals surface area contributed by atoms with Crippen LogP contribution < -0.4 is 5.32 Å². The topological polar surface area (TPSA) is 49.4 Å². The molecule has 31 heavy (non-hydrogen) atoms. The molecule has 0 spiro atoms. The lowest BCUT2D eigenvalue weighted by Gasteiger charge is -2.31. The number of carbonyl (C=O) groups is 2. The van der Waals surface area contributed by atoms with Gasteiger partial charge in [-0.2, -0.15) is 0 Å². The Labute approximate surface area is 190 Å². The van der Waals surface area contributed by atoms with Crippen molar-refractivity contribution in [1.82, 2.24) is 10.2 Å². The quantitative estimate of drug-likeness (QED) is 0.527. The number of hydrogen-bond acceptors (Lipinski definition) is 3. The molecule has 0 unspecified atom stereocenters. The Bertz CT molecular complexity index is 807. The maximum Gasteiger partial charge on any atom is 0.242 e. The monoisotopic (exact) mass is 438 g/mol. The van der Waals surface area contributed by atoms with Gasteiger partial charge in [0.05, 0.1) is 0 Å². The zero-order valence-electron chi connectivity index (χ0n) is 18.5. The van der Waals surface area contributed by atoms with Crippen LogP contribution in [-0.4, -0.2) is 41.1 Å². The van der Waals surface area contributed by atoms with Gasteiger partial charge in [-0.15, -0.1) is 11.8 Å². The first kappa shape index (κ1) is 23.4. The third-order valence-corrected chi connectivity index (χ3v) is 6.94. The molecule has 5 heteroatoms. The van der Waals surface area contributed by atoms with Crippen LogP contribution in [0.25, 0.3) is 0 Å². The van der Waals surface area contributed by atoms with E-state index in [0.29, 0.717) is 18.7 Å². The Balaban J connectivity index is 1.59. The molecule has 0 radical (unpaired) electrons. The van der Waals surface area contributed by atoms with Gasteiger partial charge < -0.3 is 10.2 Å². The van der Waals surface area contributed by atoms with Crippen molar-refractivity contribution in [3.63, 3.8) is 0 Å². The van der Waals surface area contributed by atoms with Crippen molar-refractivity contribution in [2.45, 2.75) is 68.8 Å². The second-order valence-electron chi connectivity index (χ2n) is 8.25. The van der Waals surface area contributed by atoms with E-state index in [1.54, 1.807) is 16.7 Å². The van der Waals surface area contributed by atoms with Gasteiger partial charge >= 0.3 is 0 Å². The molecule has 1 aliphatic carbocycles. The van der Waals surface area contributed by atoms with E-state index in [2.05, 4.69) is 29.6 Å². The highest BCUT2D eigenvalue weighted by atomic mass is 32.2. The van der Waals surface area contributed by atoms with Gasteiger partial charge in [0.15, 0.2) is 0 Å². The second-order valence-corrected chi connectivity index (χ2v) is 9.42. The molecule has 0 bridgehead atoms. The number of thioether (sulfide) groups is 1. The average Bonchev–Trinajstić information content (AvgIpc) is 2.81. The lowest BCUT2D eigenvalue weighted by atomic mass is 9.95. The molecule has 2 aromatic carbocycles. The summed E-state index contributed by atoms with van der Waals surface area (Å²) in [7, 11) is 0. The molecule has 1 N–H and O–H groups in total. The molecule has 2 amide bonds. The Hall–Kier alpha value is -2.27. The van der Waals surface area contributed by atoms with Gasteiger partial charge in [-0.05, 0) is 43.9 Å². The van der Waals surface area contributed by atoms with E-state index in [1.165, 1.54) is 24.8 Å². The van der Waals surface area contributed by atoms with Crippen molar-refractivity contribution < 1.29 is 9.59 Å². The summed E-state index contributed by atoms with van der Waals surface area (Å²) in [6, 6.07) is 20.1. The van der Waals surface area contributed by atoms with E-state index >= 15 is 0 Å². The fourth-order valence-corrected chi connectivity index (χ4v) is 4.92. The predicted molar refractivity (Wildman–Crippen MR) is 128 cm³/mol. The SMILES string of the molecule is C[C@@H](C(=O)NC1CCCCC1)N(CCc1ccccc1)C(=O)CCSc1ccccc1. The molecule has 0 heterocycles. The van der Waals surface area contributed by atoms with Crippen molar-refractivity contribution in [2.24, 2.45) is 0 Å². The Kier molecular flexibility index (Phi) is 9.47. The molecule has 1 atom stereocenters. The summed E-state index contributed by atoms with van der Waals surface area (Å²) in [4.78, 5) is 29.0. The van der Waals surface area contributed by atoms with Crippen molar-refractivity contribution in [2.75, 3.05) is 12.3 Å². The van der Waals surface area contributed by atoms with Crippen LogP contribution in [0.4, 0.5) is 0 Å². The Morgan fingerprint density at radius 1 is 1.00 bits per heavy atom. The van der Waals surface area contributed by atoms with Crippen LogP contribution in [0, 0.1) is 0 Å². The molecule has 1 aliphatic rings. The number of nitrogens with one attached hydrogen (secondary N) is 1. The van der Waals surface area contributed by atoms with Crippen molar-refractivity contribution in [3.05, 3.63) is 66.2 Å². The first-order valence-electron chi connectivity index (χ1n) is 11.4. The summed E-state index contributed by atoms with van der Waals surface area (Å²) in [6.45, 7) is 2.42. The smallest absolute Gasteiger partial charge is 0.242 e. The average molecular weight is 439 g/mol. The summed E-state index contributed by atoms with van der Waals surface area (Å²) in [5.41, 5.74) is 1.18. The largest absolute Gasteiger partial charge is 0.352 e. The highest BCUT2D eigenvalue weighted by molar-refractivity contribution is 7.99. The minimum Gasteiger partial charge on any atom is -0.352 e. The van der Waals surface area contributed by atoms with Crippen LogP contribution >= 0.6 is 11.8 Å². The molecule has 2 aromatic rings. The van der Waals surface area contributed by atoms with Gasteiger partial charge in [-0.3, -0.25) is 9.59 Å². The third kappa shape index (κ3) is 7.73. The first-order chi connectivity index (χ1) is 15.1. The lowest BCUT2D eigenvalue weighted by Crippen LogP contribution is -2.51. The van der Waals surface area contributed by atoms with Gasteiger partial charge in [0, 0.05) is 29.7 Å². The molecule has 4 nitrogen and oxygen atoms in total. The van der Waals surface area contributed by atoms with Gasteiger partial charge in [-0.1, -0.05) is 67.8 Å². The van der Waals surface area contributed by atoms with Crippen molar-refractivity contribution in [3.8, 4) is 0 Å². The third-order valence-electron chi connectivity index (χ3n) is 5.93. The fourth-order valence-electron chi connectivity index (χ4n) is 4.06. The van der Waals surface area contributed by atoms with Crippen molar-refractivity contribution >= 4 is 23.6 Å². The van der Waals surface area contributed by atoms with Gasteiger partial charge in [0.1, 0.15) is 6.04 Å². The number of carbonyl (C=O) groups excluding carboxylic acids is 2. The standard InChI is InChI=1S/C26H34N2O2S/c1-21(26(30)27-23-13-7-3-8-14-23)28(19-17-22-11-5-2-6-12-22)25(29)18-20-31-24-15-9-4-10-16-24/h2,4-6,9-12,15-16,21,23H,3,7-8,13-14,17-20H2,1H3,(H,27,30)/t21-/m0/s1. The van der Waals surface area contributed by atoms with E-state index in [1.807, 2.05) is 43.3 Å². The van der Waals surface area contributed by atoms with Crippen LogP contribution in [-0.2, 0) is 16.0 Å². The molecule has 0 aliphatic heterocycles. The minimum absolute atomic E-state index is 0.0241. The number of benzene rings is 2. The van der Waals surface area contributed by atoms with Crippen LogP contribution in [0.2, 0.25) is 0 Å². The fraction of sp³-hybridized carbons (Fsp3) is 0.462. The van der Waals surface area contributed by atoms with Gasteiger partial charge in [0.25, 0.3) is 0 Å². The normalized spacial score (nSPS) is 15.3. The number of rotatable bonds is 10. The lowest BCUT2D eigenvalue weighted by molar-refractivity contribution is -0.140. The Morgan fingerprint density at radius 2 is 1.65 bits per heavy atom. The van der Waals surface area contributed by atoms with Crippen LogP contribution in [0.1, 0.15) is 51.0 Å². The first-order valence-corrected chi connectivity index (χ1v) is 12.4. The maximum atomic E-state index is 13.1. The van der Waals surface area contributed by atoms with Crippen LogP contribution in [0.3, 0.4) is 0 Å². The summed E-state index contributed by atoms with van der Waals surface area (Å²) in [6.07, 6.45) is 6.87. The zero-order valence-corrected chi connectivity index (χ0v) is 19.3. The summed E-state index contributed by atoms with van der Waals surface area (Å²) in [5, 5.41) is 3.20. The molecule has 3 rings (SSSR count). The molecule has 0 aromatic heterocycles. The molecule has 166 valence electrons. The number of hydrogen-bond donors (Lipinski definition) is 1. The highest BCUT2D eigenvalue weighted by Gasteiger charge is 2.27. The summed E-state index contributed by atoms with van der Waals surface area (Å²) >= 11 is 1.68. The van der Waals surface area contributed by atoms with Crippen LogP contribution in [0.15, 0.2) is 65.6 Å². The van der Waals surface area contributed by atoms with Crippen LogP contribution in [0.5, 0.6) is 0 Å². The van der Waals surface area contributed by atoms with Crippen molar-refractivity contribution in [1.29, 1.82) is 0 Å². The van der Waals surface area contributed by atoms with E-state index in [4.69, 9.17) is 0 Å². The number of nitrogens with zero attached hydrogens (tertiary/aromatic N) is 1. The highest BCUT2D eigenvalue weighted by Crippen LogP contribution is 2.20. The number of amides is 2. The maximum absolute atomic E-state index is 13.1. The van der Waals surface area contributed by atoms with E-state index in [0.717, 1.165) is 24.2 Å². The second kappa shape index (κ2) is 12.6. The van der Waals surface area contributed by atoms with Gasteiger partial charge in [0.2, 0.25) is 11.8 Å². The van der Waals surface area contributed by atoms with E-state index in [-0.39, 0.29) is 17.9 Å². The summed E-state index contributed by atoms with van der Waals surface area (Å²) in [5.74, 6) is 0.733. The molecular formula is C26H34N2O2S. The predicted octanol–water partition coefficient (Wildman–Crippen LogP) is 5.08. The summed E-state index contributed by atoms with van der Waals surface area (Å²) < 4.78 is 0. The van der Waals surface area contributed by atoms with E-state index in [9.17, 15) is 9.59 Å². The molecular weight excluding hydrogens is 404 g/mol. The Morgan fingerprint density at radius 3 is 2.32 bits per heavy atom. The molecule has 1 saturated carbocycles. The zero-order chi connectivity index (χ0) is 21.9. The molecule has 0 saturated heterocycles. The van der Waals surface area contributed by atoms with E-state index < -0.39 is 6.04 Å².